The molecule has 2 atom stereocenters. The van der Waals surface area contributed by atoms with E-state index >= 15 is 0 Å². The highest BCUT2D eigenvalue weighted by Crippen LogP contribution is 2.28. The summed E-state index contributed by atoms with van der Waals surface area (Å²) in [7, 11) is 2.00. The van der Waals surface area contributed by atoms with Gasteiger partial charge in [-0.3, -0.25) is 16.0 Å². The Kier molecular flexibility index (Phi) is 4.88. The van der Waals surface area contributed by atoms with Gasteiger partial charge in [0.05, 0.1) is 0 Å². The van der Waals surface area contributed by atoms with Crippen LogP contribution in [0.15, 0.2) is 12.3 Å². The van der Waals surface area contributed by atoms with Gasteiger partial charge in [0.1, 0.15) is 0 Å². The number of nitrogens with one attached hydrogen (secondary N) is 1. The van der Waals surface area contributed by atoms with Crippen molar-refractivity contribution in [2.45, 2.75) is 43.4 Å². The SMILES string of the molecule is Cn1nccc1CCC(NN)C1CCCCS1. The van der Waals surface area contributed by atoms with Crippen LogP contribution in [-0.4, -0.2) is 26.8 Å². The van der Waals surface area contributed by atoms with Gasteiger partial charge in [0.15, 0.2) is 0 Å². The van der Waals surface area contributed by atoms with E-state index in [4.69, 9.17) is 5.84 Å². The molecule has 0 saturated carbocycles. The first-order valence-electron chi connectivity index (χ1n) is 6.36. The summed E-state index contributed by atoms with van der Waals surface area (Å²) in [5, 5.41) is 4.88. The number of nitrogens with zero attached hydrogens (tertiary/aromatic N) is 2. The summed E-state index contributed by atoms with van der Waals surface area (Å²) in [5.74, 6) is 6.98. The first kappa shape index (κ1) is 12.9. The third-order valence-corrected chi connectivity index (χ3v) is 5.03. The largest absolute Gasteiger partial charge is 0.273 e. The van der Waals surface area contributed by atoms with Gasteiger partial charge in [-0.2, -0.15) is 16.9 Å². The van der Waals surface area contributed by atoms with E-state index in [0.717, 1.165) is 12.8 Å². The molecule has 1 aromatic heterocycles. The Morgan fingerprint density at radius 3 is 3.12 bits per heavy atom. The Hall–Kier alpha value is -0.520. The number of nitrogens with two attached hydrogens (primary N) is 1. The van der Waals surface area contributed by atoms with Crippen LogP contribution in [0.1, 0.15) is 31.4 Å². The fraction of sp³-hybridized carbons (Fsp3) is 0.750. The summed E-state index contributed by atoms with van der Waals surface area (Å²) in [6.07, 6.45) is 8.00. The quantitative estimate of drug-likeness (QED) is 0.617. The molecule has 17 heavy (non-hydrogen) atoms. The Morgan fingerprint density at radius 2 is 2.53 bits per heavy atom. The molecule has 1 aliphatic heterocycles. The zero-order valence-electron chi connectivity index (χ0n) is 10.4. The molecule has 0 radical (unpaired) electrons. The van der Waals surface area contributed by atoms with Crippen LogP contribution in [0.3, 0.4) is 0 Å². The Morgan fingerprint density at radius 1 is 1.65 bits per heavy atom. The standard InChI is InChI=1S/C12H22N4S/c1-16-10(7-8-14-16)5-6-11(15-13)12-4-2-3-9-17-12/h7-8,11-12,15H,2-6,9,13H2,1H3. The predicted octanol–water partition coefficient (Wildman–Crippen LogP) is 1.47. The zero-order chi connectivity index (χ0) is 12.1. The molecular formula is C12H22N4S. The second kappa shape index (κ2) is 6.42. The zero-order valence-corrected chi connectivity index (χ0v) is 11.2. The van der Waals surface area contributed by atoms with Gasteiger partial charge in [-0.05, 0) is 37.5 Å². The third-order valence-electron chi connectivity index (χ3n) is 3.51. The smallest absolute Gasteiger partial charge is 0.0492 e. The van der Waals surface area contributed by atoms with Crippen molar-refractivity contribution in [1.29, 1.82) is 0 Å². The Balaban J connectivity index is 1.84. The topological polar surface area (TPSA) is 55.9 Å². The molecule has 5 heteroatoms. The molecule has 2 unspecified atom stereocenters. The summed E-state index contributed by atoms with van der Waals surface area (Å²) in [6.45, 7) is 0. The molecule has 1 fully saturated rings. The van der Waals surface area contributed by atoms with Crippen molar-refractivity contribution in [3.63, 3.8) is 0 Å². The fourth-order valence-electron chi connectivity index (χ4n) is 2.41. The molecule has 0 aliphatic carbocycles. The van der Waals surface area contributed by atoms with Crippen LogP contribution in [0, 0.1) is 0 Å². The van der Waals surface area contributed by atoms with Gasteiger partial charge >= 0.3 is 0 Å². The lowest BCUT2D eigenvalue weighted by atomic mass is 10.0. The summed E-state index contributed by atoms with van der Waals surface area (Å²) in [4.78, 5) is 0. The van der Waals surface area contributed by atoms with E-state index in [1.54, 1.807) is 0 Å². The number of hydrogen-bond donors (Lipinski definition) is 2. The summed E-state index contributed by atoms with van der Waals surface area (Å²) >= 11 is 2.07. The van der Waals surface area contributed by atoms with Crippen LogP contribution < -0.4 is 11.3 Å². The van der Waals surface area contributed by atoms with E-state index in [9.17, 15) is 0 Å². The molecule has 96 valence electrons. The van der Waals surface area contributed by atoms with Crippen LogP contribution in [-0.2, 0) is 13.5 Å². The predicted molar refractivity (Wildman–Crippen MR) is 72.7 cm³/mol. The fourth-order valence-corrected chi connectivity index (χ4v) is 3.86. The van der Waals surface area contributed by atoms with Crippen LogP contribution in [0.4, 0.5) is 0 Å². The Bertz CT molecular complexity index is 333. The highest BCUT2D eigenvalue weighted by Gasteiger charge is 2.23. The molecule has 2 rings (SSSR count). The number of aromatic nitrogens is 2. The van der Waals surface area contributed by atoms with E-state index < -0.39 is 0 Å². The van der Waals surface area contributed by atoms with Gasteiger partial charge < -0.3 is 0 Å². The molecule has 0 spiro atoms. The summed E-state index contributed by atoms with van der Waals surface area (Å²) < 4.78 is 1.95. The van der Waals surface area contributed by atoms with Crippen LogP contribution in [0.25, 0.3) is 0 Å². The minimum Gasteiger partial charge on any atom is -0.273 e. The van der Waals surface area contributed by atoms with Crippen molar-refractivity contribution in [3.8, 4) is 0 Å². The molecule has 0 bridgehead atoms. The van der Waals surface area contributed by atoms with E-state index in [2.05, 4.69) is 28.4 Å². The maximum atomic E-state index is 5.70. The molecule has 0 aromatic carbocycles. The third kappa shape index (κ3) is 3.47. The first-order chi connectivity index (χ1) is 8.31. The van der Waals surface area contributed by atoms with Crippen LogP contribution >= 0.6 is 11.8 Å². The molecule has 2 heterocycles. The average Bonchev–Trinajstić information content (AvgIpc) is 2.77. The van der Waals surface area contributed by atoms with Crippen molar-refractivity contribution in [1.82, 2.24) is 15.2 Å². The maximum absolute atomic E-state index is 5.70. The lowest BCUT2D eigenvalue weighted by Crippen LogP contribution is -2.43. The second-order valence-electron chi connectivity index (χ2n) is 4.66. The van der Waals surface area contributed by atoms with Crippen molar-refractivity contribution in [2.75, 3.05) is 5.75 Å². The number of hydrazine groups is 1. The first-order valence-corrected chi connectivity index (χ1v) is 7.40. The van der Waals surface area contributed by atoms with Crippen molar-refractivity contribution in [2.24, 2.45) is 12.9 Å². The van der Waals surface area contributed by atoms with Crippen molar-refractivity contribution < 1.29 is 0 Å². The monoisotopic (exact) mass is 254 g/mol. The normalized spacial score (nSPS) is 22.6. The highest BCUT2D eigenvalue weighted by molar-refractivity contribution is 8.00. The van der Waals surface area contributed by atoms with Gasteiger partial charge in [0, 0.05) is 30.2 Å². The van der Waals surface area contributed by atoms with Gasteiger partial charge in [0.25, 0.3) is 0 Å². The molecule has 1 saturated heterocycles. The van der Waals surface area contributed by atoms with E-state index in [-0.39, 0.29) is 0 Å². The molecule has 0 amide bonds. The van der Waals surface area contributed by atoms with E-state index in [0.29, 0.717) is 11.3 Å². The molecule has 1 aromatic rings. The van der Waals surface area contributed by atoms with Crippen molar-refractivity contribution >= 4 is 11.8 Å². The number of aryl methyl sites for hydroxylation is 2. The molecular weight excluding hydrogens is 232 g/mol. The number of thioether (sulfide) groups is 1. The number of rotatable bonds is 5. The van der Waals surface area contributed by atoms with Gasteiger partial charge in [-0.1, -0.05) is 6.42 Å². The molecule has 1 aliphatic rings. The second-order valence-corrected chi connectivity index (χ2v) is 6.01. The lowest BCUT2D eigenvalue weighted by Gasteiger charge is -2.29. The number of hydrogen-bond acceptors (Lipinski definition) is 4. The van der Waals surface area contributed by atoms with Gasteiger partial charge in [-0.15, -0.1) is 0 Å². The van der Waals surface area contributed by atoms with Crippen molar-refractivity contribution in [3.05, 3.63) is 18.0 Å². The van der Waals surface area contributed by atoms with Gasteiger partial charge in [-0.25, -0.2) is 0 Å². The minimum absolute atomic E-state index is 0.426. The lowest BCUT2D eigenvalue weighted by molar-refractivity contribution is 0.444. The van der Waals surface area contributed by atoms with Gasteiger partial charge in [0.2, 0.25) is 0 Å². The summed E-state index contributed by atoms with van der Waals surface area (Å²) in [6, 6.07) is 2.51. The summed E-state index contributed by atoms with van der Waals surface area (Å²) in [5.41, 5.74) is 4.29. The maximum Gasteiger partial charge on any atom is 0.0492 e. The molecule has 3 N–H and O–H groups in total. The molecule has 4 nitrogen and oxygen atoms in total. The van der Waals surface area contributed by atoms with Crippen LogP contribution in [0.2, 0.25) is 0 Å². The minimum atomic E-state index is 0.426. The van der Waals surface area contributed by atoms with Crippen LogP contribution in [0.5, 0.6) is 0 Å². The van der Waals surface area contributed by atoms with E-state index in [1.807, 2.05) is 17.9 Å². The average molecular weight is 254 g/mol. The van der Waals surface area contributed by atoms with E-state index in [1.165, 1.54) is 30.7 Å². The highest BCUT2D eigenvalue weighted by atomic mass is 32.2. The Labute approximate surface area is 107 Å².